The van der Waals surface area contributed by atoms with Crippen LogP contribution in [0.15, 0.2) is 54.9 Å². The van der Waals surface area contributed by atoms with Crippen molar-refractivity contribution < 1.29 is 19.1 Å². The number of benzene rings is 2. The summed E-state index contributed by atoms with van der Waals surface area (Å²) in [5, 5.41) is 9.92. The number of carbonyl (C=O) groups excluding carboxylic acids is 3. The number of hydrogen-bond acceptors (Lipinski definition) is 6. The van der Waals surface area contributed by atoms with Gasteiger partial charge in [0.1, 0.15) is 24.7 Å². The lowest BCUT2D eigenvalue weighted by Crippen LogP contribution is -2.49. The molecule has 1 aliphatic carbocycles. The lowest BCUT2D eigenvalue weighted by molar-refractivity contribution is -0.121. The second-order valence-electron chi connectivity index (χ2n) is 9.13. The van der Waals surface area contributed by atoms with E-state index >= 15 is 0 Å². The van der Waals surface area contributed by atoms with Crippen LogP contribution in [0.25, 0.3) is 0 Å². The number of likely N-dealkylation sites (N-methyl/N-ethyl adjacent to an activating group) is 1. The van der Waals surface area contributed by atoms with Gasteiger partial charge in [-0.25, -0.2) is 9.67 Å². The molecule has 1 atom stereocenters. The Bertz CT molecular complexity index is 1270. The van der Waals surface area contributed by atoms with E-state index in [-0.39, 0.29) is 24.2 Å². The van der Waals surface area contributed by atoms with Gasteiger partial charge >= 0.3 is 0 Å². The maximum atomic E-state index is 13.1. The van der Waals surface area contributed by atoms with Crippen LogP contribution in [0, 0.1) is 0 Å². The van der Waals surface area contributed by atoms with E-state index in [1.165, 1.54) is 11.2 Å². The summed E-state index contributed by atoms with van der Waals surface area (Å²) in [5.74, 6) is -0.301. The molecule has 0 radical (unpaired) electrons. The second-order valence-corrected chi connectivity index (χ2v) is 9.13. The van der Waals surface area contributed by atoms with Gasteiger partial charge in [0.25, 0.3) is 11.8 Å². The topological polar surface area (TPSA) is 118 Å². The van der Waals surface area contributed by atoms with Gasteiger partial charge in [0, 0.05) is 19.5 Å². The largest absolute Gasteiger partial charge is 0.489 e. The summed E-state index contributed by atoms with van der Waals surface area (Å²) in [6.45, 7) is 0.463. The number of nitrogens with zero attached hydrogens (tertiary/aromatic N) is 4. The highest BCUT2D eigenvalue weighted by molar-refractivity contribution is 6.02. The third-order valence-electron chi connectivity index (χ3n) is 6.23. The van der Waals surface area contributed by atoms with Gasteiger partial charge in [-0.15, -0.1) is 5.10 Å². The monoisotopic (exact) mass is 488 g/mol. The highest BCUT2D eigenvalue weighted by Crippen LogP contribution is 2.32. The van der Waals surface area contributed by atoms with Gasteiger partial charge in [-0.3, -0.25) is 14.4 Å². The molecular formula is C26H28N6O4. The Balaban J connectivity index is 1.21. The molecule has 0 spiro atoms. The highest BCUT2D eigenvalue weighted by atomic mass is 16.5. The molecule has 36 heavy (non-hydrogen) atoms. The van der Waals surface area contributed by atoms with E-state index < -0.39 is 11.9 Å². The Morgan fingerprint density at radius 2 is 1.89 bits per heavy atom. The van der Waals surface area contributed by atoms with Crippen LogP contribution in [0.3, 0.4) is 0 Å². The molecule has 2 heterocycles. The fourth-order valence-corrected chi connectivity index (χ4v) is 4.06. The first-order chi connectivity index (χ1) is 17.5. The first-order valence-corrected chi connectivity index (χ1v) is 12.0. The molecule has 0 bridgehead atoms. The van der Waals surface area contributed by atoms with Crippen LogP contribution in [-0.2, 0) is 22.6 Å². The normalized spacial score (nSPS) is 17.1. The van der Waals surface area contributed by atoms with E-state index in [9.17, 15) is 14.4 Å². The van der Waals surface area contributed by atoms with Crippen molar-refractivity contribution in [3.05, 3.63) is 71.8 Å². The zero-order valence-electron chi connectivity index (χ0n) is 20.0. The van der Waals surface area contributed by atoms with Crippen LogP contribution in [0.2, 0.25) is 0 Å². The van der Waals surface area contributed by atoms with Crippen LogP contribution in [-0.4, -0.2) is 58.2 Å². The summed E-state index contributed by atoms with van der Waals surface area (Å²) >= 11 is 0. The number of aromatic nitrogens is 3. The maximum Gasteiger partial charge on any atom is 0.291 e. The van der Waals surface area contributed by atoms with Crippen molar-refractivity contribution in [2.75, 3.05) is 18.6 Å². The number of amides is 3. The van der Waals surface area contributed by atoms with Crippen molar-refractivity contribution in [3.8, 4) is 5.75 Å². The number of fused-ring (bicyclic) bond motifs is 1. The predicted octanol–water partition coefficient (Wildman–Crippen LogP) is 1.69. The van der Waals surface area contributed by atoms with Gasteiger partial charge in [0.2, 0.25) is 11.7 Å². The summed E-state index contributed by atoms with van der Waals surface area (Å²) in [4.78, 5) is 43.5. The van der Waals surface area contributed by atoms with Crippen LogP contribution >= 0.6 is 0 Å². The van der Waals surface area contributed by atoms with Crippen molar-refractivity contribution in [1.82, 2.24) is 25.4 Å². The Hall–Kier alpha value is -4.21. The van der Waals surface area contributed by atoms with Crippen molar-refractivity contribution >= 4 is 23.4 Å². The Morgan fingerprint density at radius 3 is 2.67 bits per heavy atom. The third kappa shape index (κ3) is 5.54. The van der Waals surface area contributed by atoms with Crippen molar-refractivity contribution in [1.29, 1.82) is 0 Å². The van der Waals surface area contributed by atoms with E-state index in [4.69, 9.17) is 4.74 Å². The minimum atomic E-state index is -0.899. The average Bonchev–Trinajstić information content (AvgIpc) is 3.60. The number of hydrogen-bond donors (Lipinski definition) is 2. The third-order valence-corrected chi connectivity index (χ3v) is 6.23. The van der Waals surface area contributed by atoms with E-state index in [1.807, 2.05) is 42.5 Å². The second kappa shape index (κ2) is 10.2. The molecule has 0 saturated heterocycles. The first kappa shape index (κ1) is 23.5. The summed E-state index contributed by atoms with van der Waals surface area (Å²) in [7, 11) is 1.64. The minimum Gasteiger partial charge on any atom is -0.489 e. The quantitative estimate of drug-likeness (QED) is 0.498. The molecule has 1 saturated carbocycles. The Kier molecular flexibility index (Phi) is 6.66. The first-order valence-electron chi connectivity index (χ1n) is 12.0. The van der Waals surface area contributed by atoms with E-state index in [0.29, 0.717) is 36.9 Å². The summed E-state index contributed by atoms with van der Waals surface area (Å²) < 4.78 is 7.44. The molecule has 2 N–H and O–H groups in total. The summed E-state index contributed by atoms with van der Waals surface area (Å²) in [5.41, 5.74) is 2.56. The van der Waals surface area contributed by atoms with Crippen molar-refractivity contribution in [3.63, 3.8) is 0 Å². The smallest absolute Gasteiger partial charge is 0.291 e. The standard InChI is InChI=1S/C26H28N6O4/c1-31-21-13-17(8-12-23(33)28-19-9-10-19)7-11-22(21)36-15-20(26(31)35)29-25(34)24-27-16-32(30-24)14-18-5-3-2-4-6-18/h2-7,11,13,16,19-20H,8-10,12,14-15H2,1H3,(H,28,33)(H,29,34). The van der Waals surface area contributed by atoms with Crippen LogP contribution < -0.4 is 20.3 Å². The molecule has 1 fully saturated rings. The fourth-order valence-electron chi connectivity index (χ4n) is 4.06. The van der Waals surface area contributed by atoms with Gasteiger partial charge < -0.3 is 20.3 Å². The van der Waals surface area contributed by atoms with Crippen molar-refractivity contribution in [2.24, 2.45) is 0 Å². The highest BCUT2D eigenvalue weighted by Gasteiger charge is 2.32. The Morgan fingerprint density at radius 1 is 1.08 bits per heavy atom. The van der Waals surface area contributed by atoms with Gasteiger partial charge in [0.05, 0.1) is 12.2 Å². The molecule has 2 aliphatic rings. The fraction of sp³-hybridized carbons (Fsp3) is 0.346. The molecule has 186 valence electrons. The number of ether oxygens (including phenoxy) is 1. The molecule has 3 aromatic rings. The lowest BCUT2D eigenvalue weighted by Gasteiger charge is -2.20. The van der Waals surface area contributed by atoms with Gasteiger partial charge in [-0.2, -0.15) is 0 Å². The molecule has 2 aromatic carbocycles. The molecule has 10 nitrogen and oxygen atoms in total. The zero-order valence-corrected chi connectivity index (χ0v) is 20.0. The van der Waals surface area contributed by atoms with Crippen LogP contribution in [0.1, 0.15) is 41.0 Å². The maximum absolute atomic E-state index is 13.1. The molecule has 5 rings (SSSR count). The molecule has 1 aromatic heterocycles. The molecule has 1 aliphatic heterocycles. The molecular weight excluding hydrogens is 460 g/mol. The number of nitrogens with one attached hydrogen (secondary N) is 2. The lowest BCUT2D eigenvalue weighted by atomic mass is 10.1. The number of aryl methyl sites for hydroxylation is 1. The number of carbonyl (C=O) groups is 3. The predicted molar refractivity (Wildman–Crippen MR) is 132 cm³/mol. The molecule has 10 heteroatoms. The SMILES string of the molecule is CN1C(=O)C(NC(=O)c2ncn(Cc3ccccc3)n2)COc2ccc(CCC(=O)NC3CC3)cc21. The van der Waals surface area contributed by atoms with Gasteiger partial charge in [-0.1, -0.05) is 36.4 Å². The van der Waals surface area contributed by atoms with Gasteiger partial charge in [-0.05, 0) is 42.5 Å². The van der Waals surface area contributed by atoms with Crippen LogP contribution in [0.4, 0.5) is 5.69 Å². The number of rotatable bonds is 8. The van der Waals surface area contributed by atoms with Gasteiger partial charge in [0.15, 0.2) is 0 Å². The van der Waals surface area contributed by atoms with E-state index in [1.54, 1.807) is 17.8 Å². The summed E-state index contributed by atoms with van der Waals surface area (Å²) in [6.07, 6.45) is 4.54. The van der Waals surface area contributed by atoms with Crippen LogP contribution in [0.5, 0.6) is 5.75 Å². The molecule has 3 amide bonds. The van der Waals surface area contributed by atoms with Crippen molar-refractivity contribution in [2.45, 2.75) is 44.3 Å². The number of anilines is 1. The average molecular weight is 489 g/mol. The van der Waals surface area contributed by atoms with E-state index in [0.717, 1.165) is 24.0 Å². The molecule has 1 unspecified atom stereocenters. The Labute approximate surface area is 208 Å². The van der Waals surface area contributed by atoms with E-state index in [2.05, 4.69) is 20.7 Å². The summed E-state index contributed by atoms with van der Waals surface area (Å²) in [6, 6.07) is 14.7. The zero-order chi connectivity index (χ0) is 25.1. The minimum absolute atomic E-state index is 0.0181.